The molecule has 2 aliphatic heterocycles. The summed E-state index contributed by atoms with van der Waals surface area (Å²) in [5.74, 6) is 0.267. The number of hydrogen-bond donors (Lipinski definition) is 0. The SMILES string of the molecule is C[C@]1(c2ccccc2)CCCN(C(=O)CN2CCOCC2)C1. The fourth-order valence-electron chi connectivity index (χ4n) is 3.58. The van der Waals surface area contributed by atoms with Gasteiger partial charge < -0.3 is 9.64 Å². The van der Waals surface area contributed by atoms with Gasteiger partial charge in [0.05, 0.1) is 19.8 Å². The zero-order valence-corrected chi connectivity index (χ0v) is 13.5. The molecule has 4 heteroatoms. The van der Waals surface area contributed by atoms with Crippen molar-refractivity contribution in [2.75, 3.05) is 45.9 Å². The van der Waals surface area contributed by atoms with Gasteiger partial charge in [0.2, 0.25) is 5.91 Å². The molecule has 0 radical (unpaired) electrons. The molecule has 3 rings (SSSR count). The van der Waals surface area contributed by atoms with E-state index in [9.17, 15) is 4.79 Å². The van der Waals surface area contributed by atoms with Crippen LogP contribution in [0.3, 0.4) is 0 Å². The molecule has 0 spiro atoms. The van der Waals surface area contributed by atoms with Crippen LogP contribution in [-0.4, -0.2) is 61.6 Å². The third kappa shape index (κ3) is 3.50. The highest BCUT2D eigenvalue weighted by molar-refractivity contribution is 5.78. The van der Waals surface area contributed by atoms with Crippen LogP contribution in [0.1, 0.15) is 25.3 Å². The van der Waals surface area contributed by atoms with Crippen molar-refractivity contribution in [3.63, 3.8) is 0 Å². The Balaban J connectivity index is 1.63. The minimum Gasteiger partial charge on any atom is -0.379 e. The second-order valence-electron chi connectivity index (χ2n) is 6.73. The van der Waals surface area contributed by atoms with Crippen molar-refractivity contribution in [1.82, 2.24) is 9.80 Å². The summed E-state index contributed by atoms with van der Waals surface area (Å²) in [6, 6.07) is 10.6. The summed E-state index contributed by atoms with van der Waals surface area (Å²) in [7, 11) is 0. The number of carbonyl (C=O) groups excluding carboxylic acids is 1. The largest absolute Gasteiger partial charge is 0.379 e. The van der Waals surface area contributed by atoms with Crippen LogP contribution in [0, 0.1) is 0 Å². The van der Waals surface area contributed by atoms with Gasteiger partial charge in [0.15, 0.2) is 0 Å². The lowest BCUT2D eigenvalue weighted by Crippen LogP contribution is -2.51. The van der Waals surface area contributed by atoms with Gasteiger partial charge in [-0.05, 0) is 18.4 Å². The molecule has 120 valence electrons. The van der Waals surface area contributed by atoms with Crippen LogP contribution >= 0.6 is 0 Å². The molecular weight excluding hydrogens is 276 g/mol. The van der Waals surface area contributed by atoms with Gasteiger partial charge in [-0.2, -0.15) is 0 Å². The van der Waals surface area contributed by atoms with Crippen molar-refractivity contribution in [2.45, 2.75) is 25.2 Å². The standard InChI is InChI=1S/C18H26N2O2/c1-18(16-6-3-2-4-7-16)8-5-9-20(15-18)17(21)14-19-10-12-22-13-11-19/h2-4,6-7H,5,8-15H2,1H3/t18-/m0/s1. The lowest BCUT2D eigenvalue weighted by atomic mass is 9.76. The highest BCUT2D eigenvalue weighted by atomic mass is 16.5. The van der Waals surface area contributed by atoms with Gasteiger partial charge in [-0.25, -0.2) is 0 Å². The Morgan fingerprint density at radius 1 is 1.18 bits per heavy atom. The highest BCUT2D eigenvalue weighted by Gasteiger charge is 2.34. The molecule has 4 nitrogen and oxygen atoms in total. The molecule has 1 aromatic carbocycles. The molecule has 1 amide bonds. The maximum atomic E-state index is 12.6. The Hall–Kier alpha value is -1.39. The van der Waals surface area contributed by atoms with Crippen molar-refractivity contribution in [3.8, 4) is 0 Å². The van der Waals surface area contributed by atoms with Gasteiger partial charge in [-0.3, -0.25) is 9.69 Å². The zero-order valence-electron chi connectivity index (χ0n) is 13.5. The predicted octanol–water partition coefficient (Wildman–Crippen LogP) is 1.90. The van der Waals surface area contributed by atoms with E-state index in [0.717, 1.165) is 52.2 Å². The van der Waals surface area contributed by atoms with Gasteiger partial charge in [-0.1, -0.05) is 37.3 Å². The van der Waals surface area contributed by atoms with Crippen LogP contribution in [-0.2, 0) is 14.9 Å². The van der Waals surface area contributed by atoms with Crippen LogP contribution < -0.4 is 0 Å². The van der Waals surface area contributed by atoms with Crippen LogP contribution in [0.4, 0.5) is 0 Å². The molecule has 0 aromatic heterocycles. The summed E-state index contributed by atoms with van der Waals surface area (Å²) in [6.07, 6.45) is 2.23. The predicted molar refractivity (Wildman–Crippen MR) is 86.9 cm³/mol. The maximum absolute atomic E-state index is 12.6. The van der Waals surface area contributed by atoms with E-state index in [1.165, 1.54) is 5.56 Å². The molecule has 0 aliphatic carbocycles. The zero-order chi connectivity index (χ0) is 15.4. The lowest BCUT2D eigenvalue weighted by Gasteiger charge is -2.41. The third-order valence-electron chi connectivity index (χ3n) is 4.98. The quantitative estimate of drug-likeness (QED) is 0.855. The number of piperidine rings is 1. The fraction of sp³-hybridized carbons (Fsp3) is 0.611. The van der Waals surface area contributed by atoms with E-state index in [1.807, 2.05) is 0 Å². The molecule has 1 atom stereocenters. The number of benzene rings is 1. The highest BCUT2D eigenvalue weighted by Crippen LogP contribution is 2.33. The van der Waals surface area contributed by atoms with E-state index in [2.05, 4.69) is 47.1 Å². The summed E-state index contributed by atoms with van der Waals surface area (Å²) in [6.45, 7) is 7.78. The number of rotatable bonds is 3. The second-order valence-corrected chi connectivity index (χ2v) is 6.73. The molecule has 0 unspecified atom stereocenters. The topological polar surface area (TPSA) is 32.8 Å². The number of ether oxygens (including phenoxy) is 1. The third-order valence-corrected chi connectivity index (χ3v) is 4.98. The van der Waals surface area contributed by atoms with E-state index in [4.69, 9.17) is 4.74 Å². The van der Waals surface area contributed by atoms with Crippen molar-refractivity contribution < 1.29 is 9.53 Å². The van der Waals surface area contributed by atoms with Crippen molar-refractivity contribution >= 4 is 5.91 Å². The van der Waals surface area contributed by atoms with E-state index in [-0.39, 0.29) is 11.3 Å². The Morgan fingerprint density at radius 3 is 2.64 bits per heavy atom. The molecule has 0 saturated carbocycles. The molecule has 2 fully saturated rings. The van der Waals surface area contributed by atoms with Crippen molar-refractivity contribution in [1.29, 1.82) is 0 Å². The molecular formula is C18H26N2O2. The first-order chi connectivity index (χ1) is 10.7. The number of morpholine rings is 1. The van der Waals surface area contributed by atoms with E-state index in [0.29, 0.717) is 6.54 Å². The minimum atomic E-state index is 0.0835. The first-order valence-electron chi connectivity index (χ1n) is 8.31. The summed E-state index contributed by atoms with van der Waals surface area (Å²) >= 11 is 0. The number of amides is 1. The monoisotopic (exact) mass is 302 g/mol. The summed E-state index contributed by atoms with van der Waals surface area (Å²) in [5, 5.41) is 0. The Bertz CT molecular complexity index is 499. The molecule has 22 heavy (non-hydrogen) atoms. The molecule has 0 bridgehead atoms. The van der Waals surface area contributed by atoms with Crippen molar-refractivity contribution in [3.05, 3.63) is 35.9 Å². The first kappa shape index (κ1) is 15.5. The van der Waals surface area contributed by atoms with E-state index in [1.54, 1.807) is 0 Å². The number of likely N-dealkylation sites (tertiary alicyclic amines) is 1. The Morgan fingerprint density at radius 2 is 1.91 bits per heavy atom. The average Bonchev–Trinajstić information content (AvgIpc) is 2.57. The molecule has 2 saturated heterocycles. The van der Waals surface area contributed by atoms with Gasteiger partial charge >= 0.3 is 0 Å². The van der Waals surface area contributed by atoms with Crippen LogP contribution in [0.25, 0.3) is 0 Å². The Labute approximate surface area is 133 Å². The fourth-order valence-corrected chi connectivity index (χ4v) is 3.58. The van der Waals surface area contributed by atoms with Crippen LogP contribution in [0.5, 0.6) is 0 Å². The Kier molecular flexibility index (Phi) is 4.79. The van der Waals surface area contributed by atoms with E-state index >= 15 is 0 Å². The first-order valence-corrected chi connectivity index (χ1v) is 8.31. The average molecular weight is 302 g/mol. The molecule has 1 aromatic rings. The van der Waals surface area contributed by atoms with Crippen LogP contribution in [0.2, 0.25) is 0 Å². The molecule has 2 heterocycles. The number of carbonyl (C=O) groups is 1. The molecule has 0 N–H and O–H groups in total. The van der Waals surface area contributed by atoms with Gasteiger partial charge in [0, 0.05) is 31.6 Å². The van der Waals surface area contributed by atoms with Crippen LogP contribution in [0.15, 0.2) is 30.3 Å². The number of hydrogen-bond acceptors (Lipinski definition) is 3. The van der Waals surface area contributed by atoms with Gasteiger partial charge in [0.1, 0.15) is 0 Å². The smallest absolute Gasteiger partial charge is 0.236 e. The second kappa shape index (κ2) is 6.80. The summed E-state index contributed by atoms with van der Waals surface area (Å²) in [4.78, 5) is 16.9. The molecule has 2 aliphatic rings. The summed E-state index contributed by atoms with van der Waals surface area (Å²) < 4.78 is 5.35. The maximum Gasteiger partial charge on any atom is 0.236 e. The summed E-state index contributed by atoms with van der Waals surface area (Å²) in [5.41, 5.74) is 1.43. The van der Waals surface area contributed by atoms with E-state index < -0.39 is 0 Å². The van der Waals surface area contributed by atoms with Gasteiger partial charge in [-0.15, -0.1) is 0 Å². The van der Waals surface area contributed by atoms with Crippen molar-refractivity contribution in [2.24, 2.45) is 0 Å². The van der Waals surface area contributed by atoms with Gasteiger partial charge in [0.25, 0.3) is 0 Å². The number of nitrogens with zero attached hydrogens (tertiary/aromatic N) is 2. The minimum absolute atomic E-state index is 0.0835. The normalized spacial score (nSPS) is 26.9. The lowest BCUT2D eigenvalue weighted by molar-refractivity contribution is -0.135.